The molecule has 1 N–H and O–H groups in total. The normalized spacial score (nSPS) is 19.0. The minimum atomic E-state index is -0.489. The van der Waals surface area contributed by atoms with E-state index >= 15 is 0 Å². The molecule has 0 aliphatic heterocycles. The van der Waals surface area contributed by atoms with Crippen molar-refractivity contribution >= 4 is 11.6 Å². The summed E-state index contributed by atoms with van der Waals surface area (Å²) in [4.78, 5) is 4.02. The average Bonchev–Trinajstić information content (AvgIpc) is 2.72. The van der Waals surface area contributed by atoms with Crippen LogP contribution < -0.4 is 0 Å². The number of imidazole rings is 1. The molecule has 0 spiro atoms. The Morgan fingerprint density at radius 3 is 2.92 bits per heavy atom. The molecule has 1 saturated carbocycles. The SMILES string of the molecule is CCn1cnc(Cl)c1CC1(O)CC1. The van der Waals surface area contributed by atoms with Gasteiger partial charge >= 0.3 is 0 Å². The van der Waals surface area contributed by atoms with Crippen LogP contribution in [-0.4, -0.2) is 20.3 Å². The lowest BCUT2D eigenvalue weighted by molar-refractivity contribution is 0.148. The van der Waals surface area contributed by atoms with Crippen molar-refractivity contribution in [2.24, 2.45) is 0 Å². The highest BCUT2D eigenvalue weighted by Crippen LogP contribution is 2.39. The maximum Gasteiger partial charge on any atom is 0.150 e. The van der Waals surface area contributed by atoms with Crippen LogP contribution in [0, 0.1) is 0 Å². The van der Waals surface area contributed by atoms with Crippen molar-refractivity contribution in [3.05, 3.63) is 17.2 Å². The minimum Gasteiger partial charge on any atom is -0.389 e. The Bertz CT molecular complexity index is 317. The van der Waals surface area contributed by atoms with E-state index in [0.29, 0.717) is 11.6 Å². The Morgan fingerprint density at radius 1 is 1.69 bits per heavy atom. The number of aliphatic hydroxyl groups is 1. The molecule has 0 bridgehead atoms. The fourth-order valence-electron chi connectivity index (χ4n) is 1.46. The number of aromatic nitrogens is 2. The van der Waals surface area contributed by atoms with Crippen molar-refractivity contribution in [3.63, 3.8) is 0 Å². The van der Waals surface area contributed by atoms with Crippen LogP contribution in [0.15, 0.2) is 6.33 Å². The molecule has 1 heterocycles. The van der Waals surface area contributed by atoms with E-state index in [9.17, 15) is 5.11 Å². The van der Waals surface area contributed by atoms with E-state index in [0.717, 1.165) is 25.1 Å². The summed E-state index contributed by atoms with van der Waals surface area (Å²) in [6.45, 7) is 2.89. The summed E-state index contributed by atoms with van der Waals surface area (Å²) in [5.41, 5.74) is 0.473. The van der Waals surface area contributed by atoms with Crippen molar-refractivity contribution < 1.29 is 5.11 Å². The number of hydrogen-bond donors (Lipinski definition) is 1. The topological polar surface area (TPSA) is 38.0 Å². The summed E-state index contributed by atoms with van der Waals surface area (Å²) in [7, 11) is 0. The van der Waals surface area contributed by atoms with Crippen LogP contribution in [0.3, 0.4) is 0 Å². The molecule has 3 nitrogen and oxygen atoms in total. The lowest BCUT2D eigenvalue weighted by atomic mass is 10.2. The number of aryl methyl sites for hydroxylation is 1. The molecule has 72 valence electrons. The Morgan fingerprint density at radius 2 is 2.38 bits per heavy atom. The molecule has 0 aromatic carbocycles. The lowest BCUT2D eigenvalue weighted by Gasteiger charge is -2.09. The molecule has 0 radical (unpaired) electrons. The lowest BCUT2D eigenvalue weighted by Crippen LogP contribution is -2.14. The van der Waals surface area contributed by atoms with Crippen LogP contribution >= 0.6 is 11.6 Å². The molecule has 2 rings (SSSR count). The van der Waals surface area contributed by atoms with Crippen LogP contribution in [0.2, 0.25) is 5.15 Å². The van der Waals surface area contributed by atoms with Crippen LogP contribution in [0.4, 0.5) is 0 Å². The van der Waals surface area contributed by atoms with E-state index in [1.54, 1.807) is 6.33 Å². The van der Waals surface area contributed by atoms with E-state index in [-0.39, 0.29) is 0 Å². The summed E-state index contributed by atoms with van der Waals surface area (Å²) in [6, 6.07) is 0. The third-order valence-corrected chi connectivity index (χ3v) is 2.88. The van der Waals surface area contributed by atoms with Gasteiger partial charge in [0.25, 0.3) is 0 Å². The molecular weight excluding hydrogens is 188 g/mol. The fourth-order valence-corrected chi connectivity index (χ4v) is 1.68. The van der Waals surface area contributed by atoms with E-state index in [2.05, 4.69) is 4.98 Å². The van der Waals surface area contributed by atoms with E-state index < -0.39 is 5.60 Å². The number of rotatable bonds is 3. The Hall–Kier alpha value is -0.540. The smallest absolute Gasteiger partial charge is 0.150 e. The van der Waals surface area contributed by atoms with Crippen molar-refractivity contribution in [2.75, 3.05) is 0 Å². The summed E-state index contributed by atoms with van der Waals surface area (Å²) in [6.07, 6.45) is 4.14. The van der Waals surface area contributed by atoms with Crippen molar-refractivity contribution in [3.8, 4) is 0 Å². The third-order valence-electron chi connectivity index (χ3n) is 2.56. The Kier molecular flexibility index (Phi) is 2.08. The van der Waals surface area contributed by atoms with Crippen LogP contribution in [0.25, 0.3) is 0 Å². The van der Waals surface area contributed by atoms with E-state index in [4.69, 9.17) is 11.6 Å². The summed E-state index contributed by atoms with van der Waals surface area (Å²) >= 11 is 5.91. The largest absolute Gasteiger partial charge is 0.389 e. The maximum atomic E-state index is 9.75. The second-order valence-corrected chi connectivity index (χ2v) is 4.03. The van der Waals surface area contributed by atoms with Gasteiger partial charge in [-0.1, -0.05) is 11.6 Å². The molecule has 1 aliphatic rings. The Labute approximate surface area is 82.4 Å². The Balaban J connectivity index is 2.21. The molecular formula is C9H13ClN2O. The zero-order chi connectivity index (χ0) is 9.47. The second-order valence-electron chi connectivity index (χ2n) is 3.67. The van der Waals surface area contributed by atoms with Crippen molar-refractivity contribution in [1.29, 1.82) is 0 Å². The van der Waals surface area contributed by atoms with Crippen LogP contribution in [-0.2, 0) is 13.0 Å². The zero-order valence-corrected chi connectivity index (χ0v) is 8.38. The summed E-state index contributed by atoms with van der Waals surface area (Å²) in [5.74, 6) is 0. The third kappa shape index (κ3) is 1.71. The summed E-state index contributed by atoms with van der Waals surface area (Å²) < 4.78 is 1.98. The molecule has 1 aromatic heterocycles. The van der Waals surface area contributed by atoms with Crippen molar-refractivity contribution in [2.45, 2.75) is 38.3 Å². The van der Waals surface area contributed by atoms with Crippen LogP contribution in [0.1, 0.15) is 25.5 Å². The molecule has 4 heteroatoms. The highest BCUT2D eigenvalue weighted by molar-refractivity contribution is 6.30. The van der Waals surface area contributed by atoms with Gasteiger partial charge in [-0.05, 0) is 19.8 Å². The predicted molar refractivity (Wildman–Crippen MR) is 50.8 cm³/mol. The van der Waals surface area contributed by atoms with Gasteiger partial charge in [0.2, 0.25) is 0 Å². The minimum absolute atomic E-state index is 0.489. The number of hydrogen-bond acceptors (Lipinski definition) is 2. The highest BCUT2D eigenvalue weighted by atomic mass is 35.5. The van der Waals surface area contributed by atoms with Gasteiger partial charge in [0, 0.05) is 13.0 Å². The first-order valence-electron chi connectivity index (χ1n) is 4.56. The van der Waals surface area contributed by atoms with Crippen molar-refractivity contribution in [1.82, 2.24) is 9.55 Å². The first-order chi connectivity index (χ1) is 6.14. The molecule has 1 fully saturated rings. The van der Waals surface area contributed by atoms with Gasteiger partial charge in [-0.25, -0.2) is 4.98 Å². The molecule has 0 atom stereocenters. The van der Waals surface area contributed by atoms with Gasteiger partial charge in [0.1, 0.15) is 5.15 Å². The highest BCUT2D eigenvalue weighted by Gasteiger charge is 2.41. The van der Waals surface area contributed by atoms with Gasteiger partial charge in [0.05, 0.1) is 17.6 Å². The predicted octanol–water partition coefficient (Wildman–Crippen LogP) is 1.62. The van der Waals surface area contributed by atoms with Crippen LogP contribution in [0.5, 0.6) is 0 Å². The number of halogens is 1. The van der Waals surface area contributed by atoms with E-state index in [1.165, 1.54) is 0 Å². The molecule has 13 heavy (non-hydrogen) atoms. The zero-order valence-electron chi connectivity index (χ0n) is 7.63. The fraction of sp³-hybridized carbons (Fsp3) is 0.667. The van der Waals surface area contributed by atoms with Gasteiger partial charge in [-0.15, -0.1) is 0 Å². The van der Waals surface area contributed by atoms with E-state index in [1.807, 2.05) is 11.5 Å². The molecule has 1 aliphatic carbocycles. The monoisotopic (exact) mass is 200 g/mol. The van der Waals surface area contributed by atoms with Gasteiger partial charge in [-0.3, -0.25) is 0 Å². The molecule has 0 unspecified atom stereocenters. The van der Waals surface area contributed by atoms with Gasteiger partial charge < -0.3 is 9.67 Å². The first-order valence-corrected chi connectivity index (χ1v) is 4.94. The first kappa shape index (κ1) is 9.03. The maximum absolute atomic E-state index is 9.75. The number of nitrogens with zero attached hydrogens (tertiary/aromatic N) is 2. The quantitative estimate of drug-likeness (QED) is 0.806. The second kappa shape index (κ2) is 3.00. The molecule has 0 saturated heterocycles. The molecule has 1 aromatic rings. The molecule has 0 amide bonds. The summed E-state index contributed by atoms with van der Waals surface area (Å²) in [5, 5.41) is 10.3. The van der Waals surface area contributed by atoms with Gasteiger partial charge in [-0.2, -0.15) is 0 Å². The van der Waals surface area contributed by atoms with Gasteiger partial charge in [0.15, 0.2) is 0 Å². The standard InChI is InChI=1S/C9H13ClN2O/c1-2-12-6-11-8(10)7(12)5-9(13)3-4-9/h6,13H,2-5H2,1H3. The average molecular weight is 201 g/mol.